The third kappa shape index (κ3) is 3.38. The molecule has 1 heterocycles. The molecule has 0 aromatic heterocycles. The van der Waals surface area contributed by atoms with Gasteiger partial charge in [0, 0.05) is 23.7 Å². The largest absolute Gasteiger partial charge is 0.377 e. The van der Waals surface area contributed by atoms with Gasteiger partial charge in [0.15, 0.2) is 0 Å². The monoisotopic (exact) mass is 243 g/mol. The summed E-state index contributed by atoms with van der Waals surface area (Å²) in [5.74, 6) is 1.15. The van der Waals surface area contributed by atoms with Gasteiger partial charge >= 0.3 is 0 Å². The van der Waals surface area contributed by atoms with Crippen LogP contribution in [0.3, 0.4) is 0 Å². The van der Waals surface area contributed by atoms with Gasteiger partial charge in [0.25, 0.3) is 0 Å². The van der Waals surface area contributed by atoms with E-state index in [1.807, 2.05) is 0 Å². The third-order valence-corrected chi connectivity index (χ3v) is 5.41. The fraction of sp³-hybridized carbons (Fsp3) is 1.00. The van der Waals surface area contributed by atoms with Crippen molar-refractivity contribution in [2.24, 2.45) is 11.1 Å². The molecule has 2 aliphatic rings. The van der Waals surface area contributed by atoms with Crippen molar-refractivity contribution in [1.82, 2.24) is 0 Å². The fourth-order valence-electron chi connectivity index (χ4n) is 2.73. The quantitative estimate of drug-likeness (QED) is 0.828. The fourth-order valence-corrected chi connectivity index (χ4v) is 4.41. The van der Waals surface area contributed by atoms with Crippen molar-refractivity contribution in [3.63, 3.8) is 0 Å². The van der Waals surface area contributed by atoms with E-state index >= 15 is 0 Å². The molecule has 1 aliphatic heterocycles. The maximum Gasteiger partial charge on any atom is 0.0666 e. The van der Waals surface area contributed by atoms with Gasteiger partial charge in [0.05, 0.1) is 6.10 Å². The van der Waals surface area contributed by atoms with E-state index in [1.165, 1.54) is 32.1 Å². The molecule has 16 heavy (non-hydrogen) atoms. The first-order valence-electron chi connectivity index (χ1n) is 6.56. The Morgan fingerprint density at radius 3 is 2.88 bits per heavy atom. The molecule has 0 amide bonds. The number of rotatable bonds is 3. The Bertz CT molecular complexity index is 226. The second-order valence-corrected chi connectivity index (χ2v) is 7.35. The molecule has 2 nitrogen and oxygen atoms in total. The van der Waals surface area contributed by atoms with Crippen LogP contribution in [-0.2, 0) is 4.74 Å². The van der Waals surface area contributed by atoms with Crippen molar-refractivity contribution in [2.75, 3.05) is 12.4 Å². The Balaban J connectivity index is 1.78. The van der Waals surface area contributed by atoms with Crippen molar-refractivity contribution in [3.05, 3.63) is 0 Å². The molecule has 1 aliphatic carbocycles. The molecule has 3 heteroatoms. The standard InChI is InChI=1S/C13H25NOS/c1-13(2)6-5-11(14)12(8-13)16-9-10-4-3-7-15-10/h10-12H,3-9,14H2,1-2H3. The molecule has 3 atom stereocenters. The zero-order chi connectivity index (χ0) is 11.6. The molecule has 3 unspecified atom stereocenters. The third-order valence-electron chi connectivity index (χ3n) is 3.91. The molecule has 0 aromatic carbocycles. The lowest BCUT2D eigenvalue weighted by molar-refractivity contribution is 0.128. The maximum atomic E-state index is 6.22. The van der Waals surface area contributed by atoms with E-state index in [9.17, 15) is 0 Å². The van der Waals surface area contributed by atoms with Gasteiger partial charge in [0.1, 0.15) is 0 Å². The van der Waals surface area contributed by atoms with Crippen molar-refractivity contribution in [2.45, 2.75) is 63.3 Å². The summed E-state index contributed by atoms with van der Waals surface area (Å²) in [6.45, 7) is 5.71. The summed E-state index contributed by atoms with van der Waals surface area (Å²) < 4.78 is 5.67. The molecule has 94 valence electrons. The SMILES string of the molecule is CC1(C)CCC(N)C(SCC2CCCO2)C1. The van der Waals surface area contributed by atoms with Crippen LogP contribution in [0.1, 0.15) is 46.0 Å². The first-order valence-corrected chi connectivity index (χ1v) is 7.60. The maximum absolute atomic E-state index is 6.22. The van der Waals surface area contributed by atoms with Crippen LogP contribution in [0.15, 0.2) is 0 Å². The highest BCUT2D eigenvalue weighted by molar-refractivity contribution is 8.00. The lowest BCUT2D eigenvalue weighted by Crippen LogP contribution is -2.41. The average Bonchev–Trinajstić information content (AvgIpc) is 2.72. The van der Waals surface area contributed by atoms with Crippen molar-refractivity contribution < 1.29 is 4.74 Å². The summed E-state index contributed by atoms with van der Waals surface area (Å²) in [5.41, 5.74) is 6.71. The van der Waals surface area contributed by atoms with Gasteiger partial charge in [-0.25, -0.2) is 0 Å². The first kappa shape index (κ1) is 12.7. The zero-order valence-corrected chi connectivity index (χ0v) is 11.4. The number of hydrogen-bond acceptors (Lipinski definition) is 3. The average molecular weight is 243 g/mol. The minimum Gasteiger partial charge on any atom is -0.377 e. The van der Waals surface area contributed by atoms with Gasteiger partial charge in [0.2, 0.25) is 0 Å². The molecular formula is C13H25NOS. The van der Waals surface area contributed by atoms with Gasteiger partial charge in [-0.2, -0.15) is 11.8 Å². The van der Waals surface area contributed by atoms with E-state index < -0.39 is 0 Å². The van der Waals surface area contributed by atoms with E-state index in [-0.39, 0.29) is 0 Å². The smallest absolute Gasteiger partial charge is 0.0666 e. The minimum absolute atomic E-state index is 0.402. The van der Waals surface area contributed by atoms with Crippen LogP contribution in [0.4, 0.5) is 0 Å². The van der Waals surface area contributed by atoms with Crippen LogP contribution in [0.5, 0.6) is 0 Å². The molecule has 0 bridgehead atoms. The van der Waals surface area contributed by atoms with E-state index in [4.69, 9.17) is 10.5 Å². The summed E-state index contributed by atoms with van der Waals surface area (Å²) in [4.78, 5) is 0. The molecule has 1 saturated heterocycles. The normalized spacial score (nSPS) is 38.8. The zero-order valence-electron chi connectivity index (χ0n) is 10.6. The number of thioether (sulfide) groups is 1. The Morgan fingerprint density at radius 1 is 1.38 bits per heavy atom. The van der Waals surface area contributed by atoms with Crippen LogP contribution in [0.2, 0.25) is 0 Å². The second kappa shape index (κ2) is 5.28. The van der Waals surface area contributed by atoms with Gasteiger partial charge < -0.3 is 10.5 Å². The molecule has 0 aromatic rings. The highest BCUT2D eigenvalue weighted by atomic mass is 32.2. The highest BCUT2D eigenvalue weighted by Crippen LogP contribution is 2.40. The molecular weight excluding hydrogens is 218 g/mol. The topological polar surface area (TPSA) is 35.2 Å². The second-order valence-electron chi connectivity index (χ2n) is 6.08. The Kier molecular flexibility index (Phi) is 4.20. The molecule has 0 spiro atoms. The van der Waals surface area contributed by atoms with Gasteiger partial charge in [-0.1, -0.05) is 13.8 Å². The summed E-state index contributed by atoms with van der Waals surface area (Å²) in [7, 11) is 0. The molecule has 1 saturated carbocycles. The molecule has 2 rings (SSSR count). The predicted octanol–water partition coefficient (Wildman–Crippen LogP) is 2.80. The van der Waals surface area contributed by atoms with Crippen molar-refractivity contribution in [3.8, 4) is 0 Å². The summed E-state index contributed by atoms with van der Waals surface area (Å²) >= 11 is 2.06. The number of ether oxygens (including phenoxy) is 1. The van der Waals surface area contributed by atoms with Gasteiger partial charge in [-0.3, -0.25) is 0 Å². The predicted molar refractivity (Wildman–Crippen MR) is 70.8 cm³/mol. The lowest BCUT2D eigenvalue weighted by atomic mass is 9.75. The Morgan fingerprint density at radius 2 is 2.19 bits per heavy atom. The van der Waals surface area contributed by atoms with Gasteiger partial charge in [-0.05, 0) is 37.5 Å². The number of hydrogen-bond donors (Lipinski definition) is 1. The lowest BCUT2D eigenvalue weighted by Gasteiger charge is -2.39. The molecule has 2 fully saturated rings. The Hall–Kier alpha value is 0.270. The summed E-state index contributed by atoms with van der Waals surface area (Å²) in [5, 5.41) is 0.646. The van der Waals surface area contributed by atoms with Crippen LogP contribution in [0, 0.1) is 5.41 Å². The minimum atomic E-state index is 0.402. The summed E-state index contributed by atoms with van der Waals surface area (Å²) in [6.07, 6.45) is 6.74. The Labute approximate surface area is 104 Å². The number of nitrogens with two attached hydrogens (primary N) is 1. The van der Waals surface area contributed by atoms with E-state index in [1.54, 1.807) is 0 Å². The first-order chi connectivity index (χ1) is 7.57. The van der Waals surface area contributed by atoms with Crippen LogP contribution in [-0.4, -0.2) is 29.8 Å². The van der Waals surface area contributed by atoms with Crippen LogP contribution < -0.4 is 5.73 Å². The molecule has 0 radical (unpaired) electrons. The highest BCUT2D eigenvalue weighted by Gasteiger charge is 2.33. The summed E-state index contributed by atoms with van der Waals surface area (Å²) in [6, 6.07) is 0.402. The van der Waals surface area contributed by atoms with E-state index in [0.717, 1.165) is 12.4 Å². The van der Waals surface area contributed by atoms with Crippen molar-refractivity contribution in [1.29, 1.82) is 0 Å². The molecule has 2 N–H and O–H groups in total. The van der Waals surface area contributed by atoms with E-state index in [2.05, 4.69) is 25.6 Å². The van der Waals surface area contributed by atoms with E-state index in [0.29, 0.717) is 22.8 Å². The van der Waals surface area contributed by atoms with Crippen LogP contribution in [0.25, 0.3) is 0 Å². The van der Waals surface area contributed by atoms with Crippen molar-refractivity contribution >= 4 is 11.8 Å². The van der Waals surface area contributed by atoms with Crippen LogP contribution >= 0.6 is 11.8 Å². The van der Waals surface area contributed by atoms with Gasteiger partial charge in [-0.15, -0.1) is 0 Å².